The van der Waals surface area contributed by atoms with E-state index in [4.69, 9.17) is 0 Å². The van der Waals surface area contributed by atoms with Gasteiger partial charge in [0.15, 0.2) is 5.78 Å². The Bertz CT molecular complexity index is 445. The third-order valence-corrected chi connectivity index (χ3v) is 3.72. The molecule has 16 heavy (non-hydrogen) atoms. The summed E-state index contributed by atoms with van der Waals surface area (Å²) in [5.74, 6) is 0.536. The molecule has 0 bridgehead atoms. The van der Waals surface area contributed by atoms with Crippen LogP contribution in [0, 0.1) is 0 Å². The van der Waals surface area contributed by atoms with Gasteiger partial charge in [-0.2, -0.15) is 0 Å². The van der Waals surface area contributed by atoms with Crippen molar-refractivity contribution >= 4 is 17.1 Å². The summed E-state index contributed by atoms with van der Waals surface area (Å²) in [6.07, 6.45) is 0.588. The lowest BCUT2D eigenvalue weighted by Gasteiger charge is -2.08. The highest BCUT2D eigenvalue weighted by Crippen LogP contribution is 2.25. The summed E-state index contributed by atoms with van der Waals surface area (Å²) in [6, 6.07) is 13.6. The highest BCUT2D eigenvalue weighted by Gasteiger charge is 2.13. The minimum Gasteiger partial charge on any atom is -0.294 e. The molecule has 0 spiro atoms. The van der Waals surface area contributed by atoms with E-state index in [-0.39, 0.29) is 5.78 Å². The molecular weight excluding hydrogens is 216 g/mol. The van der Waals surface area contributed by atoms with Crippen LogP contribution in [0.5, 0.6) is 0 Å². The molecule has 1 nitrogen and oxygen atoms in total. The van der Waals surface area contributed by atoms with Crippen molar-refractivity contribution in [3.63, 3.8) is 0 Å². The predicted molar refractivity (Wildman–Crippen MR) is 68.1 cm³/mol. The third-order valence-electron chi connectivity index (χ3n) is 2.62. The zero-order valence-corrected chi connectivity index (χ0v) is 10.0. The van der Waals surface area contributed by atoms with E-state index in [1.807, 2.05) is 36.4 Å². The number of Topliss-reactive ketones (excluding diaryl/α,β-unsaturated/α-hetero) is 1. The molecule has 82 valence electrons. The highest BCUT2D eigenvalue weighted by molar-refractivity contribution is 7.10. The van der Waals surface area contributed by atoms with Gasteiger partial charge in [0.25, 0.3) is 0 Å². The fourth-order valence-electron chi connectivity index (χ4n) is 1.69. The van der Waals surface area contributed by atoms with Crippen LogP contribution in [0.2, 0.25) is 0 Å². The van der Waals surface area contributed by atoms with Crippen molar-refractivity contribution in [2.24, 2.45) is 0 Å². The van der Waals surface area contributed by atoms with E-state index in [1.165, 1.54) is 4.88 Å². The lowest BCUT2D eigenvalue weighted by atomic mass is 9.99. The summed E-state index contributed by atoms with van der Waals surface area (Å²) < 4.78 is 0. The van der Waals surface area contributed by atoms with Gasteiger partial charge in [-0.3, -0.25) is 4.79 Å². The van der Waals surface area contributed by atoms with E-state index < -0.39 is 0 Å². The first kappa shape index (κ1) is 11.1. The molecule has 0 radical (unpaired) electrons. The summed E-state index contributed by atoms with van der Waals surface area (Å²) in [4.78, 5) is 13.2. The molecule has 0 aliphatic heterocycles. The van der Waals surface area contributed by atoms with Crippen LogP contribution >= 0.6 is 11.3 Å². The normalized spacial score (nSPS) is 12.3. The van der Waals surface area contributed by atoms with Crippen LogP contribution in [-0.2, 0) is 0 Å². The van der Waals surface area contributed by atoms with Crippen molar-refractivity contribution < 1.29 is 4.79 Å². The summed E-state index contributed by atoms with van der Waals surface area (Å²) in [5.41, 5.74) is 0.811. The molecule has 0 saturated heterocycles. The largest absolute Gasteiger partial charge is 0.294 e. The fourth-order valence-corrected chi connectivity index (χ4v) is 2.48. The van der Waals surface area contributed by atoms with Gasteiger partial charge < -0.3 is 0 Å². The highest BCUT2D eigenvalue weighted by atomic mass is 32.1. The monoisotopic (exact) mass is 230 g/mol. The van der Waals surface area contributed by atoms with E-state index in [1.54, 1.807) is 11.3 Å². The Morgan fingerprint density at radius 3 is 2.56 bits per heavy atom. The Labute approximate surface area is 99.8 Å². The summed E-state index contributed by atoms with van der Waals surface area (Å²) in [6.45, 7) is 2.10. The molecular formula is C14H14OS. The molecule has 0 amide bonds. The lowest BCUT2D eigenvalue weighted by molar-refractivity contribution is 0.0976. The van der Waals surface area contributed by atoms with Crippen LogP contribution in [0.15, 0.2) is 47.8 Å². The van der Waals surface area contributed by atoms with Crippen LogP contribution in [0.25, 0.3) is 0 Å². The van der Waals surface area contributed by atoms with E-state index in [0.29, 0.717) is 12.3 Å². The quantitative estimate of drug-likeness (QED) is 0.722. The minimum absolute atomic E-state index is 0.224. The minimum atomic E-state index is 0.224. The predicted octanol–water partition coefficient (Wildman–Crippen LogP) is 4.12. The van der Waals surface area contributed by atoms with E-state index in [2.05, 4.69) is 18.4 Å². The van der Waals surface area contributed by atoms with Crippen molar-refractivity contribution in [1.29, 1.82) is 0 Å². The topological polar surface area (TPSA) is 17.1 Å². The van der Waals surface area contributed by atoms with Gasteiger partial charge in [-0.25, -0.2) is 0 Å². The number of hydrogen-bond acceptors (Lipinski definition) is 2. The molecule has 2 heteroatoms. The first-order valence-electron chi connectivity index (χ1n) is 5.39. The first-order valence-corrected chi connectivity index (χ1v) is 6.27. The maximum Gasteiger partial charge on any atom is 0.163 e. The Morgan fingerprint density at radius 2 is 1.94 bits per heavy atom. The molecule has 0 N–H and O–H groups in total. The van der Waals surface area contributed by atoms with Crippen LogP contribution < -0.4 is 0 Å². The van der Waals surface area contributed by atoms with Crippen LogP contribution in [0.4, 0.5) is 0 Å². The Kier molecular flexibility index (Phi) is 3.52. The summed E-state index contributed by atoms with van der Waals surface area (Å²) >= 11 is 1.72. The smallest absolute Gasteiger partial charge is 0.163 e. The van der Waals surface area contributed by atoms with Gasteiger partial charge in [-0.05, 0) is 17.4 Å². The Balaban J connectivity index is 2.03. The molecule has 0 fully saturated rings. The number of carbonyl (C=O) groups excluding carboxylic acids is 1. The van der Waals surface area contributed by atoms with Crippen LogP contribution in [0.1, 0.15) is 34.5 Å². The Hall–Kier alpha value is -1.41. The van der Waals surface area contributed by atoms with E-state index in [9.17, 15) is 4.79 Å². The second-order valence-electron chi connectivity index (χ2n) is 3.91. The molecule has 0 saturated carbocycles. The van der Waals surface area contributed by atoms with Crippen molar-refractivity contribution in [3.8, 4) is 0 Å². The molecule has 1 aromatic carbocycles. The average Bonchev–Trinajstić information content (AvgIpc) is 2.83. The van der Waals surface area contributed by atoms with Gasteiger partial charge in [-0.15, -0.1) is 11.3 Å². The van der Waals surface area contributed by atoms with E-state index >= 15 is 0 Å². The van der Waals surface area contributed by atoms with Crippen LogP contribution in [0.3, 0.4) is 0 Å². The Morgan fingerprint density at radius 1 is 1.19 bits per heavy atom. The number of thiophene rings is 1. The second kappa shape index (κ2) is 5.08. The molecule has 2 rings (SSSR count). The van der Waals surface area contributed by atoms with Gasteiger partial charge in [-0.1, -0.05) is 43.3 Å². The van der Waals surface area contributed by atoms with Crippen LogP contribution in [-0.4, -0.2) is 5.78 Å². The molecule has 2 aromatic rings. The molecule has 1 heterocycles. The van der Waals surface area contributed by atoms with Crippen molar-refractivity contribution in [3.05, 3.63) is 58.3 Å². The second-order valence-corrected chi connectivity index (χ2v) is 4.89. The van der Waals surface area contributed by atoms with Gasteiger partial charge in [0.05, 0.1) is 0 Å². The number of carbonyl (C=O) groups is 1. The zero-order chi connectivity index (χ0) is 11.4. The van der Waals surface area contributed by atoms with Crippen molar-refractivity contribution in [1.82, 2.24) is 0 Å². The lowest BCUT2D eigenvalue weighted by Crippen LogP contribution is -2.03. The SMILES string of the molecule is CC(CC(=O)c1ccccc1)c1cccs1. The van der Waals surface area contributed by atoms with Gasteiger partial charge in [0.1, 0.15) is 0 Å². The number of rotatable bonds is 4. The van der Waals surface area contributed by atoms with Gasteiger partial charge >= 0.3 is 0 Å². The molecule has 1 atom stereocenters. The molecule has 0 aliphatic rings. The average molecular weight is 230 g/mol. The number of benzene rings is 1. The van der Waals surface area contributed by atoms with Crippen molar-refractivity contribution in [2.45, 2.75) is 19.3 Å². The summed E-state index contributed by atoms with van der Waals surface area (Å²) in [5, 5.41) is 2.05. The summed E-state index contributed by atoms with van der Waals surface area (Å²) in [7, 11) is 0. The maximum absolute atomic E-state index is 12.0. The first-order chi connectivity index (χ1) is 7.77. The van der Waals surface area contributed by atoms with Gasteiger partial charge in [0, 0.05) is 16.9 Å². The molecule has 1 aromatic heterocycles. The number of hydrogen-bond donors (Lipinski definition) is 0. The molecule has 1 unspecified atom stereocenters. The fraction of sp³-hybridized carbons (Fsp3) is 0.214. The zero-order valence-electron chi connectivity index (χ0n) is 9.22. The van der Waals surface area contributed by atoms with E-state index in [0.717, 1.165) is 5.56 Å². The number of ketones is 1. The molecule has 0 aliphatic carbocycles. The van der Waals surface area contributed by atoms with Crippen molar-refractivity contribution in [2.75, 3.05) is 0 Å². The maximum atomic E-state index is 12.0. The van der Waals surface area contributed by atoms with Gasteiger partial charge in [0.2, 0.25) is 0 Å². The standard InChI is InChI=1S/C14H14OS/c1-11(14-8-5-9-16-14)10-13(15)12-6-3-2-4-7-12/h2-9,11H,10H2,1H3. The third kappa shape index (κ3) is 2.58.